The number of aliphatic imine (C=N–C) groups is 1. The minimum Gasteiger partial charge on any atom is -0.444 e. The SMILES string of the molecule is CN=C(NCCc1ccc(NC(=O)OC(C)(C)C)cc1)NCC1CN2CCN1CC2. The molecule has 4 rings (SSSR count). The maximum absolute atomic E-state index is 11.8. The zero-order chi connectivity index (χ0) is 21.6. The van der Waals surface area contributed by atoms with Crippen LogP contribution in [0.25, 0.3) is 0 Å². The van der Waals surface area contributed by atoms with E-state index in [1.807, 2.05) is 52.1 Å². The molecule has 1 aromatic rings. The van der Waals surface area contributed by atoms with Gasteiger partial charge >= 0.3 is 6.09 Å². The Hall–Kier alpha value is -2.32. The molecule has 1 unspecified atom stereocenters. The minimum atomic E-state index is -0.506. The number of anilines is 1. The van der Waals surface area contributed by atoms with Crippen LogP contribution in [0.4, 0.5) is 10.5 Å². The minimum absolute atomic E-state index is 0.439. The summed E-state index contributed by atoms with van der Waals surface area (Å²) in [5.74, 6) is 0.843. The van der Waals surface area contributed by atoms with Gasteiger partial charge in [-0.05, 0) is 44.9 Å². The Morgan fingerprint density at radius 3 is 2.40 bits per heavy atom. The van der Waals surface area contributed by atoms with Crippen molar-refractivity contribution < 1.29 is 9.53 Å². The molecule has 8 nitrogen and oxygen atoms in total. The number of carbonyl (C=O) groups excluding carboxylic acids is 1. The van der Waals surface area contributed by atoms with E-state index in [1.54, 1.807) is 0 Å². The molecule has 3 aliphatic rings. The molecule has 1 amide bonds. The average molecular weight is 417 g/mol. The third-order valence-electron chi connectivity index (χ3n) is 5.43. The lowest BCUT2D eigenvalue weighted by molar-refractivity contribution is 0.0154. The van der Waals surface area contributed by atoms with Crippen LogP contribution >= 0.6 is 0 Å². The van der Waals surface area contributed by atoms with Crippen molar-refractivity contribution >= 4 is 17.7 Å². The topological polar surface area (TPSA) is 81.2 Å². The summed E-state index contributed by atoms with van der Waals surface area (Å²) < 4.78 is 5.27. The van der Waals surface area contributed by atoms with Gasteiger partial charge in [-0.25, -0.2) is 4.79 Å². The normalized spacial score (nSPS) is 23.7. The Morgan fingerprint density at radius 2 is 1.83 bits per heavy atom. The van der Waals surface area contributed by atoms with Crippen LogP contribution in [0, 0.1) is 0 Å². The first-order valence-corrected chi connectivity index (χ1v) is 10.8. The molecule has 30 heavy (non-hydrogen) atoms. The highest BCUT2D eigenvalue weighted by Gasteiger charge is 2.31. The van der Waals surface area contributed by atoms with Crippen molar-refractivity contribution in [3.8, 4) is 0 Å². The van der Waals surface area contributed by atoms with E-state index in [4.69, 9.17) is 4.74 Å². The van der Waals surface area contributed by atoms with Crippen molar-refractivity contribution in [2.24, 2.45) is 4.99 Å². The van der Waals surface area contributed by atoms with E-state index >= 15 is 0 Å². The molecule has 0 aliphatic carbocycles. The second kappa shape index (κ2) is 10.1. The highest BCUT2D eigenvalue weighted by atomic mass is 16.6. The number of hydrogen-bond donors (Lipinski definition) is 3. The fourth-order valence-corrected chi connectivity index (χ4v) is 3.85. The number of rotatable bonds is 6. The fourth-order valence-electron chi connectivity index (χ4n) is 3.85. The Labute approximate surface area is 180 Å². The summed E-state index contributed by atoms with van der Waals surface area (Å²) in [4.78, 5) is 21.3. The predicted octanol–water partition coefficient (Wildman–Crippen LogP) is 1.74. The van der Waals surface area contributed by atoms with Crippen molar-refractivity contribution in [2.45, 2.75) is 38.8 Å². The highest BCUT2D eigenvalue weighted by molar-refractivity contribution is 5.84. The first-order chi connectivity index (χ1) is 14.3. The number of ether oxygens (including phenoxy) is 1. The summed E-state index contributed by atoms with van der Waals surface area (Å²) in [6.07, 6.45) is 0.433. The van der Waals surface area contributed by atoms with E-state index in [0.717, 1.165) is 37.7 Å². The van der Waals surface area contributed by atoms with Crippen molar-refractivity contribution in [1.29, 1.82) is 0 Å². The summed E-state index contributed by atoms with van der Waals surface area (Å²) in [6.45, 7) is 13.2. The second-order valence-electron chi connectivity index (χ2n) is 8.94. The Bertz CT molecular complexity index is 720. The monoisotopic (exact) mass is 416 g/mol. The largest absolute Gasteiger partial charge is 0.444 e. The van der Waals surface area contributed by atoms with E-state index in [-0.39, 0.29) is 0 Å². The molecule has 0 aromatic heterocycles. The van der Waals surface area contributed by atoms with Gasteiger partial charge < -0.3 is 15.4 Å². The van der Waals surface area contributed by atoms with Gasteiger partial charge in [0.1, 0.15) is 5.60 Å². The van der Waals surface area contributed by atoms with Gasteiger partial charge in [-0.2, -0.15) is 0 Å². The van der Waals surface area contributed by atoms with Gasteiger partial charge in [0.2, 0.25) is 0 Å². The fraction of sp³-hybridized carbons (Fsp3) is 0.636. The van der Waals surface area contributed by atoms with Crippen molar-refractivity contribution in [2.75, 3.05) is 58.2 Å². The van der Waals surface area contributed by atoms with E-state index in [1.165, 1.54) is 31.7 Å². The molecule has 3 heterocycles. The van der Waals surface area contributed by atoms with E-state index < -0.39 is 11.7 Å². The summed E-state index contributed by atoms with van der Waals surface area (Å²) >= 11 is 0. The van der Waals surface area contributed by atoms with Crippen LogP contribution in [-0.2, 0) is 11.2 Å². The number of carbonyl (C=O) groups is 1. The Morgan fingerprint density at radius 1 is 1.13 bits per heavy atom. The summed E-state index contributed by atoms with van der Waals surface area (Å²) in [5, 5.41) is 9.61. The third kappa shape index (κ3) is 6.88. The van der Waals surface area contributed by atoms with Crippen molar-refractivity contribution in [3.63, 3.8) is 0 Å². The van der Waals surface area contributed by atoms with Gasteiger partial charge in [-0.15, -0.1) is 0 Å². The summed E-state index contributed by atoms with van der Waals surface area (Å²) in [5.41, 5.74) is 1.41. The number of piperazine rings is 3. The summed E-state index contributed by atoms with van der Waals surface area (Å²) in [7, 11) is 1.81. The second-order valence-corrected chi connectivity index (χ2v) is 8.94. The maximum Gasteiger partial charge on any atom is 0.412 e. The molecule has 8 heteroatoms. The zero-order valence-electron chi connectivity index (χ0n) is 18.7. The molecular weight excluding hydrogens is 380 g/mol. The molecule has 166 valence electrons. The smallest absolute Gasteiger partial charge is 0.412 e. The standard InChI is InChI=1S/C22H36N6O2/c1-22(2,3)30-21(29)26-18-7-5-17(6-8-18)9-10-24-20(23-4)25-15-19-16-27-11-13-28(19)14-12-27/h5-8,19H,9-16H2,1-4H3,(H,26,29)(H2,23,24,25). The van der Waals surface area contributed by atoms with Gasteiger partial charge in [0.25, 0.3) is 0 Å². The van der Waals surface area contributed by atoms with E-state index in [9.17, 15) is 4.79 Å². The quantitative estimate of drug-likeness (QED) is 0.484. The number of guanidine groups is 1. The van der Waals surface area contributed by atoms with Gasteiger partial charge in [0, 0.05) is 64.6 Å². The highest BCUT2D eigenvalue weighted by Crippen LogP contribution is 2.15. The molecule has 2 bridgehead atoms. The van der Waals surface area contributed by atoms with Crippen LogP contribution in [0.15, 0.2) is 29.3 Å². The number of hydrogen-bond acceptors (Lipinski definition) is 5. The molecule has 0 spiro atoms. The molecule has 3 aliphatic heterocycles. The lowest BCUT2D eigenvalue weighted by Gasteiger charge is -2.47. The lowest BCUT2D eigenvalue weighted by atomic mass is 10.1. The van der Waals surface area contributed by atoms with Crippen molar-refractivity contribution in [1.82, 2.24) is 20.4 Å². The molecule has 3 fully saturated rings. The van der Waals surface area contributed by atoms with E-state index in [0.29, 0.717) is 6.04 Å². The van der Waals surface area contributed by atoms with Crippen LogP contribution in [0.1, 0.15) is 26.3 Å². The predicted molar refractivity (Wildman–Crippen MR) is 121 cm³/mol. The number of nitrogens with one attached hydrogen (secondary N) is 3. The van der Waals surface area contributed by atoms with Crippen LogP contribution < -0.4 is 16.0 Å². The van der Waals surface area contributed by atoms with Gasteiger partial charge in [0.15, 0.2) is 5.96 Å². The number of fused-ring (bicyclic) bond motifs is 3. The van der Waals surface area contributed by atoms with Crippen LogP contribution in [-0.4, -0.2) is 86.4 Å². The number of benzene rings is 1. The molecule has 1 aromatic carbocycles. The first kappa shape index (κ1) is 22.4. The number of amides is 1. The number of nitrogens with zero attached hydrogens (tertiary/aromatic N) is 3. The average Bonchev–Trinajstić information content (AvgIpc) is 2.71. The van der Waals surface area contributed by atoms with E-state index in [2.05, 4.69) is 30.7 Å². The molecule has 3 N–H and O–H groups in total. The molecular formula is C22H36N6O2. The molecule has 0 saturated carbocycles. The van der Waals surface area contributed by atoms with Crippen molar-refractivity contribution in [3.05, 3.63) is 29.8 Å². The Balaban J connectivity index is 1.37. The van der Waals surface area contributed by atoms with Gasteiger partial charge in [-0.1, -0.05) is 12.1 Å². The van der Waals surface area contributed by atoms with Gasteiger partial charge in [0.05, 0.1) is 0 Å². The van der Waals surface area contributed by atoms with Crippen LogP contribution in [0.5, 0.6) is 0 Å². The first-order valence-electron chi connectivity index (χ1n) is 10.8. The molecule has 3 saturated heterocycles. The maximum atomic E-state index is 11.8. The summed E-state index contributed by atoms with van der Waals surface area (Å²) in [6, 6.07) is 8.40. The third-order valence-corrected chi connectivity index (χ3v) is 5.43. The van der Waals surface area contributed by atoms with Gasteiger partial charge in [-0.3, -0.25) is 20.1 Å². The lowest BCUT2D eigenvalue weighted by Crippen LogP contribution is -2.63. The molecule has 0 radical (unpaired) electrons. The van der Waals surface area contributed by atoms with Crippen LogP contribution in [0.3, 0.4) is 0 Å². The zero-order valence-corrected chi connectivity index (χ0v) is 18.7. The Kier molecular flexibility index (Phi) is 7.55. The van der Waals surface area contributed by atoms with Crippen LogP contribution in [0.2, 0.25) is 0 Å². The molecule has 1 atom stereocenters.